The molecule has 1 aliphatic heterocycles. The number of urea groups is 1. The summed E-state index contributed by atoms with van der Waals surface area (Å²) in [6, 6.07) is -1.17. The molecule has 0 saturated carbocycles. The van der Waals surface area contributed by atoms with Gasteiger partial charge in [0.05, 0.1) is 5.92 Å². The minimum absolute atomic E-state index is 0.107. The van der Waals surface area contributed by atoms with E-state index in [0.717, 1.165) is 0 Å². The standard InChI is InChI=1S/C11H19N3O4/c1-6(2)8(9(12)15)13-11(18)14-4-3-7(5-14)10(16)17/h6-8H,3-5H2,1-2H3,(H2,12,15)(H,13,18)(H,16,17). The van der Waals surface area contributed by atoms with E-state index in [0.29, 0.717) is 13.0 Å². The second-order valence-electron chi connectivity index (χ2n) is 4.84. The molecule has 0 aromatic carbocycles. The number of carbonyl (C=O) groups excluding carboxylic acids is 2. The first-order chi connectivity index (χ1) is 8.32. The first kappa shape index (κ1) is 14.3. The highest BCUT2D eigenvalue weighted by Gasteiger charge is 2.32. The molecule has 0 bridgehead atoms. The van der Waals surface area contributed by atoms with Crippen molar-refractivity contribution in [3.05, 3.63) is 0 Å². The van der Waals surface area contributed by atoms with Gasteiger partial charge >= 0.3 is 12.0 Å². The van der Waals surface area contributed by atoms with Gasteiger partial charge in [-0.3, -0.25) is 9.59 Å². The minimum atomic E-state index is -0.902. The summed E-state index contributed by atoms with van der Waals surface area (Å²) < 4.78 is 0. The van der Waals surface area contributed by atoms with Gasteiger partial charge in [0.1, 0.15) is 6.04 Å². The molecule has 102 valence electrons. The largest absolute Gasteiger partial charge is 0.481 e. The highest BCUT2D eigenvalue weighted by atomic mass is 16.4. The zero-order valence-electron chi connectivity index (χ0n) is 10.5. The van der Waals surface area contributed by atoms with Gasteiger partial charge in [-0.15, -0.1) is 0 Å². The predicted molar refractivity (Wildman–Crippen MR) is 63.7 cm³/mol. The van der Waals surface area contributed by atoms with Crippen molar-refractivity contribution < 1.29 is 19.5 Å². The molecule has 2 atom stereocenters. The third kappa shape index (κ3) is 3.35. The molecule has 0 aromatic heterocycles. The summed E-state index contributed by atoms with van der Waals surface area (Å²) in [6.07, 6.45) is 0.436. The van der Waals surface area contributed by atoms with Crippen LogP contribution in [-0.2, 0) is 9.59 Å². The fourth-order valence-electron chi connectivity index (χ4n) is 1.94. The van der Waals surface area contributed by atoms with Crippen LogP contribution in [0.15, 0.2) is 0 Å². The van der Waals surface area contributed by atoms with E-state index in [1.807, 2.05) is 0 Å². The van der Waals surface area contributed by atoms with Gasteiger partial charge in [-0.2, -0.15) is 0 Å². The Kier molecular flexibility index (Phi) is 4.52. The van der Waals surface area contributed by atoms with Crippen molar-refractivity contribution >= 4 is 17.9 Å². The number of hydrogen-bond acceptors (Lipinski definition) is 3. The monoisotopic (exact) mass is 257 g/mol. The van der Waals surface area contributed by atoms with Crippen molar-refractivity contribution in [1.29, 1.82) is 0 Å². The van der Waals surface area contributed by atoms with Crippen LogP contribution < -0.4 is 11.1 Å². The summed E-state index contributed by atoms with van der Waals surface area (Å²) >= 11 is 0. The molecule has 0 aromatic rings. The number of amides is 3. The summed E-state index contributed by atoms with van der Waals surface area (Å²) in [7, 11) is 0. The third-order valence-electron chi connectivity index (χ3n) is 3.08. The van der Waals surface area contributed by atoms with Crippen LogP contribution in [0.25, 0.3) is 0 Å². The molecule has 1 aliphatic rings. The fraction of sp³-hybridized carbons (Fsp3) is 0.727. The normalized spacial score (nSPS) is 20.8. The average Bonchev–Trinajstić information content (AvgIpc) is 2.73. The van der Waals surface area contributed by atoms with E-state index in [9.17, 15) is 14.4 Å². The lowest BCUT2D eigenvalue weighted by Gasteiger charge is -2.23. The van der Waals surface area contributed by atoms with Gasteiger partial charge < -0.3 is 21.1 Å². The van der Waals surface area contributed by atoms with Gasteiger partial charge in [-0.05, 0) is 12.3 Å². The van der Waals surface area contributed by atoms with E-state index in [-0.39, 0.29) is 12.5 Å². The molecule has 4 N–H and O–H groups in total. The molecule has 7 nitrogen and oxygen atoms in total. The van der Waals surface area contributed by atoms with E-state index in [1.165, 1.54) is 4.90 Å². The maximum absolute atomic E-state index is 11.8. The van der Waals surface area contributed by atoms with Crippen molar-refractivity contribution in [3.8, 4) is 0 Å². The molecular weight excluding hydrogens is 238 g/mol. The van der Waals surface area contributed by atoms with Crippen molar-refractivity contribution in [2.75, 3.05) is 13.1 Å². The Morgan fingerprint density at radius 1 is 1.39 bits per heavy atom. The number of nitrogens with one attached hydrogen (secondary N) is 1. The molecular formula is C11H19N3O4. The molecule has 2 unspecified atom stereocenters. The molecule has 0 radical (unpaired) electrons. The lowest BCUT2D eigenvalue weighted by atomic mass is 10.0. The summed E-state index contributed by atoms with van der Waals surface area (Å²) in [4.78, 5) is 35.2. The topological polar surface area (TPSA) is 113 Å². The van der Waals surface area contributed by atoms with Crippen LogP contribution in [0.5, 0.6) is 0 Å². The Bertz CT molecular complexity index is 356. The predicted octanol–water partition coefficient (Wildman–Crippen LogP) is -0.388. The van der Waals surface area contributed by atoms with Crippen LogP contribution in [0.1, 0.15) is 20.3 Å². The van der Waals surface area contributed by atoms with Crippen molar-refractivity contribution in [3.63, 3.8) is 0 Å². The van der Waals surface area contributed by atoms with Gasteiger partial charge in [0.25, 0.3) is 0 Å². The van der Waals surface area contributed by atoms with Gasteiger partial charge in [-0.1, -0.05) is 13.8 Å². The van der Waals surface area contributed by atoms with Gasteiger partial charge in [0.15, 0.2) is 0 Å². The molecule has 1 saturated heterocycles. The highest BCUT2D eigenvalue weighted by Crippen LogP contribution is 2.16. The summed E-state index contributed by atoms with van der Waals surface area (Å²) in [5.74, 6) is -2.13. The fourth-order valence-corrected chi connectivity index (χ4v) is 1.94. The number of likely N-dealkylation sites (tertiary alicyclic amines) is 1. The maximum atomic E-state index is 11.8. The van der Waals surface area contributed by atoms with Crippen LogP contribution in [0.2, 0.25) is 0 Å². The number of hydrogen-bond donors (Lipinski definition) is 3. The first-order valence-electron chi connectivity index (χ1n) is 5.90. The zero-order valence-corrected chi connectivity index (χ0v) is 10.5. The van der Waals surface area contributed by atoms with Crippen LogP contribution in [-0.4, -0.2) is 47.0 Å². The van der Waals surface area contributed by atoms with Gasteiger partial charge in [-0.25, -0.2) is 4.79 Å². The zero-order chi connectivity index (χ0) is 13.9. The van der Waals surface area contributed by atoms with E-state index in [2.05, 4.69) is 5.32 Å². The summed E-state index contributed by atoms with van der Waals surface area (Å²) in [6.45, 7) is 4.11. The maximum Gasteiger partial charge on any atom is 0.318 e. The van der Waals surface area contributed by atoms with Crippen molar-refractivity contribution in [1.82, 2.24) is 10.2 Å². The van der Waals surface area contributed by atoms with Gasteiger partial charge in [0.2, 0.25) is 5.91 Å². The smallest absolute Gasteiger partial charge is 0.318 e. The number of carboxylic acid groups (broad SMARTS) is 1. The number of nitrogens with zero attached hydrogens (tertiary/aromatic N) is 1. The van der Waals surface area contributed by atoms with Crippen LogP contribution in [0.3, 0.4) is 0 Å². The average molecular weight is 257 g/mol. The van der Waals surface area contributed by atoms with Crippen molar-refractivity contribution in [2.45, 2.75) is 26.3 Å². The van der Waals surface area contributed by atoms with Crippen LogP contribution in [0, 0.1) is 11.8 Å². The molecule has 3 amide bonds. The van der Waals surface area contributed by atoms with E-state index in [1.54, 1.807) is 13.8 Å². The summed E-state index contributed by atoms with van der Waals surface area (Å²) in [5.41, 5.74) is 5.19. The quantitative estimate of drug-likeness (QED) is 0.636. The van der Waals surface area contributed by atoms with E-state index in [4.69, 9.17) is 10.8 Å². The Hall–Kier alpha value is -1.79. The second-order valence-corrected chi connectivity index (χ2v) is 4.84. The molecule has 0 spiro atoms. The SMILES string of the molecule is CC(C)C(NC(=O)N1CCC(C(=O)O)C1)C(N)=O. The minimum Gasteiger partial charge on any atom is -0.481 e. The number of rotatable bonds is 4. The molecule has 0 aliphatic carbocycles. The van der Waals surface area contributed by atoms with Crippen molar-refractivity contribution in [2.24, 2.45) is 17.6 Å². The Morgan fingerprint density at radius 2 is 2.00 bits per heavy atom. The Morgan fingerprint density at radius 3 is 2.39 bits per heavy atom. The number of aliphatic carboxylic acids is 1. The number of nitrogens with two attached hydrogens (primary N) is 1. The lowest BCUT2D eigenvalue weighted by molar-refractivity contribution is -0.141. The molecule has 1 heterocycles. The third-order valence-corrected chi connectivity index (χ3v) is 3.08. The molecule has 1 fully saturated rings. The number of carboxylic acids is 1. The van der Waals surface area contributed by atoms with Crippen LogP contribution >= 0.6 is 0 Å². The van der Waals surface area contributed by atoms with E-state index < -0.39 is 29.9 Å². The molecule has 7 heteroatoms. The Balaban J connectivity index is 2.56. The van der Waals surface area contributed by atoms with Crippen LogP contribution in [0.4, 0.5) is 4.79 Å². The summed E-state index contributed by atoms with van der Waals surface area (Å²) in [5, 5.41) is 11.4. The number of carbonyl (C=O) groups is 3. The highest BCUT2D eigenvalue weighted by molar-refractivity contribution is 5.86. The number of primary amides is 1. The second kappa shape index (κ2) is 5.70. The molecule has 18 heavy (non-hydrogen) atoms. The lowest BCUT2D eigenvalue weighted by Crippen LogP contribution is -2.51. The van der Waals surface area contributed by atoms with E-state index >= 15 is 0 Å². The molecule has 1 rings (SSSR count). The van der Waals surface area contributed by atoms with Gasteiger partial charge in [0, 0.05) is 13.1 Å². The first-order valence-corrected chi connectivity index (χ1v) is 5.90. The Labute approximate surface area is 105 Å².